The summed E-state index contributed by atoms with van der Waals surface area (Å²) < 4.78 is 0. The van der Waals surface area contributed by atoms with Gasteiger partial charge in [0.1, 0.15) is 0 Å². The van der Waals surface area contributed by atoms with Gasteiger partial charge in [0.15, 0.2) is 0 Å². The molecular weight excluding hydrogens is 312 g/mol. The molecule has 24 heavy (non-hydrogen) atoms. The van der Waals surface area contributed by atoms with Crippen molar-refractivity contribution < 1.29 is 14.5 Å². The molecule has 2 aromatic carbocycles. The quantitative estimate of drug-likeness (QED) is 0.509. The maximum atomic E-state index is 11.9. The highest BCUT2D eigenvalue weighted by atomic mass is 16.6. The lowest BCUT2D eigenvalue weighted by Crippen LogP contribution is -2.29. The molecule has 0 saturated heterocycles. The molecule has 2 amide bonds. The van der Waals surface area contributed by atoms with Gasteiger partial charge in [-0.25, -0.2) is 0 Å². The summed E-state index contributed by atoms with van der Waals surface area (Å²) in [6, 6.07) is 12.4. The summed E-state index contributed by atoms with van der Waals surface area (Å²) in [5.74, 6) is -1.77. The van der Waals surface area contributed by atoms with E-state index in [-0.39, 0.29) is 11.4 Å². The van der Waals surface area contributed by atoms with Gasteiger partial charge in [-0.3, -0.25) is 19.7 Å². The summed E-state index contributed by atoms with van der Waals surface area (Å²) in [7, 11) is 3.71. The van der Waals surface area contributed by atoms with E-state index in [0.29, 0.717) is 5.69 Å². The van der Waals surface area contributed by atoms with Crippen LogP contribution in [0.3, 0.4) is 0 Å². The van der Waals surface area contributed by atoms with Crippen molar-refractivity contribution in [3.63, 3.8) is 0 Å². The van der Waals surface area contributed by atoms with Crippen molar-refractivity contribution in [1.29, 1.82) is 0 Å². The maximum Gasteiger partial charge on any atom is 0.314 e. The number of nitrogens with zero attached hydrogens (tertiary/aromatic N) is 2. The van der Waals surface area contributed by atoms with Crippen molar-refractivity contribution in [3.05, 3.63) is 58.6 Å². The van der Waals surface area contributed by atoms with Crippen LogP contribution in [0.1, 0.15) is 0 Å². The number of nitrogens with one attached hydrogen (secondary N) is 2. The van der Waals surface area contributed by atoms with Crippen molar-refractivity contribution in [2.45, 2.75) is 0 Å². The fourth-order valence-corrected chi connectivity index (χ4v) is 1.93. The Morgan fingerprint density at radius 3 is 2.04 bits per heavy atom. The summed E-state index contributed by atoms with van der Waals surface area (Å²) in [6.07, 6.45) is 0. The van der Waals surface area contributed by atoms with E-state index in [0.717, 1.165) is 5.69 Å². The SMILES string of the molecule is CN(C)c1cccc(NC(=O)C(=O)Nc2cccc([N+](=O)[O-])c2)c1. The third kappa shape index (κ3) is 4.29. The molecule has 0 aliphatic carbocycles. The van der Waals surface area contributed by atoms with E-state index in [1.807, 2.05) is 25.1 Å². The van der Waals surface area contributed by atoms with Gasteiger partial charge in [0.2, 0.25) is 0 Å². The smallest absolute Gasteiger partial charge is 0.314 e. The number of rotatable bonds is 4. The zero-order valence-electron chi connectivity index (χ0n) is 13.1. The third-order valence-electron chi connectivity index (χ3n) is 3.14. The first-order chi connectivity index (χ1) is 11.4. The number of anilines is 3. The standard InChI is InChI=1S/C16H16N4O4/c1-19(2)13-7-3-5-11(9-13)17-15(21)16(22)18-12-6-4-8-14(10-12)20(23)24/h3-10H,1-2H3,(H,17,21)(H,18,22). The van der Waals surface area contributed by atoms with Crippen LogP contribution in [0, 0.1) is 10.1 Å². The van der Waals surface area contributed by atoms with E-state index in [2.05, 4.69) is 10.6 Å². The molecule has 2 aromatic rings. The van der Waals surface area contributed by atoms with Gasteiger partial charge in [-0.05, 0) is 24.3 Å². The Hall–Kier alpha value is -3.42. The molecule has 0 aliphatic rings. The highest BCUT2D eigenvalue weighted by molar-refractivity contribution is 6.43. The van der Waals surface area contributed by atoms with E-state index in [1.165, 1.54) is 24.3 Å². The second kappa shape index (κ2) is 7.23. The minimum Gasteiger partial charge on any atom is -0.378 e. The van der Waals surface area contributed by atoms with E-state index in [9.17, 15) is 19.7 Å². The maximum absolute atomic E-state index is 11.9. The van der Waals surface area contributed by atoms with Crippen molar-refractivity contribution >= 4 is 34.6 Å². The predicted molar refractivity (Wildman–Crippen MR) is 91.1 cm³/mol. The number of nitro groups is 1. The van der Waals surface area contributed by atoms with Crippen LogP contribution in [0.15, 0.2) is 48.5 Å². The van der Waals surface area contributed by atoms with Gasteiger partial charge >= 0.3 is 11.8 Å². The first-order valence-corrected chi connectivity index (χ1v) is 7.01. The molecule has 0 heterocycles. The molecule has 0 radical (unpaired) electrons. The Morgan fingerprint density at radius 2 is 1.50 bits per heavy atom. The van der Waals surface area contributed by atoms with Crippen LogP contribution in [-0.2, 0) is 9.59 Å². The summed E-state index contributed by atoms with van der Waals surface area (Å²) >= 11 is 0. The van der Waals surface area contributed by atoms with Crippen LogP contribution in [0.25, 0.3) is 0 Å². The molecule has 0 aromatic heterocycles. The van der Waals surface area contributed by atoms with Crippen LogP contribution in [-0.4, -0.2) is 30.8 Å². The average Bonchev–Trinajstić information content (AvgIpc) is 2.55. The normalized spacial score (nSPS) is 9.92. The van der Waals surface area contributed by atoms with E-state index >= 15 is 0 Å². The Morgan fingerprint density at radius 1 is 0.958 bits per heavy atom. The van der Waals surface area contributed by atoms with Gasteiger partial charge in [0.25, 0.3) is 5.69 Å². The molecule has 2 N–H and O–H groups in total. The fraction of sp³-hybridized carbons (Fsp3) is 0.125. The average molecular weight is 328 g/mol. The molecule has 0 atom stereocenters. The highest BCUT2D eigenvalue weighted by Crippen LogP contribution is 2.18. The molecule has 0 aliphatic heterocycles. The van der Waals surface area contributed by atoms with Crippen LogP contribution in [0.5, 0.6) is 0 Å². The lowest BCUT2D eigenvalue weighted by Gasteiger charge is -2.14. The first-order valence-electron chi connectivity index (χ1n) is 7.01. The molecule has 8 nitrogen and oxygen atoms in total. The van der Waals surface area contributed by atoms with Crippen molar-refractivity contribution in [3.8, 4) is 0 Å². The zero-order chi connectivity index (χ0) is 17.7. The third-order valence-corrected chi connectivity index (χ3v) is 3.14. The van der Waals surface area contributed by atoms with Gasteiger partial charge in [-0.15, -0.1) is 0 Å². The number of nitro benzene ring substituents is 1. The van der Waals surface area contributed by atoms with Crippen LogP contribution in [0.2, 0.25) is 0 Å². The summed E-state index contributed by atoms with van der Waals surface area (Å²) in [6.45, 7) is 0. The molecule has 124 valence electrons. The van der Waals surface area contributed by atoms with Crippen molar-refractivity contribution in [1.82, 2.24) is 0 Å². The molecule has 0 spiro atoms. The van der Waals surface area contributed by atoms with E-state index < -0.39 is 16.7 Å². The zero-order valence-corrected chi connectivity index (χ0v) is 13.1. The Balaban J connectivity index is 2.05. The Kier molecular flexibility index (Phi) is 5.10. The number of carbonyl (C=O) groups is 2. The van der Waals surface area contributed by atoms with Crippen LogP contribution >= 0.6 is 0 Å². The number of benzene rings is 2. The summed E-state index contributed by atoms with van der Waals surface area (Å²) in [5, 5.41) is 15.5. The van der Waals surface area contributed by atoms with Crippen LogP contribution < -0.4 is 15.5 Å². The highest BCUT2D eigenvalue weighted by Gasteiger charge is 2.15. The number of amides is 2. The lowest BCUT2D eigenvalue weighted by atomic mass is 10.2. The predicted octanol–water partition coefficient (Wildman–Crippen LogP) is 2.24. The molecule has 0 fully saturated rings. The molecule has 0 unspecified atom stereocenters. The number of carbonyl (C=O) groups excluding carboxylic acids is 2. The number of non-ortho nitro benzene ring substituents is 1. The second-order valence-electron chi connectivity index (χ2n) is 5.16. The Labute approximate surface area is 138 Å². The minimum atomic E-state index is -0.911. The van der Waals surface area contributed by atoms with Gasteiger partial charge < -0.3 is 15.5 Å². The topological polar surface area (TPSA) is 105 Å². The molecular formula is C16H16N4O4. The van der Waals surface area contributed by atoms with Gasteiger partial charge in [-0.2, -0.15) is 0 Å². The second-order valence-corrected chi connectivity index (χ2v) is 5.16. The van der Waals surface area contributed by atoms with Crippen LogP contribution in [0.4, 0.5) is 22.7 Å². The summed E-state index contributed by atoms with van der Waals surface area (Å²) in [5.41, 5.74) is 1.34. The molecule has 0 saturated carbocycles. The molecule has 2 rings (SSSR count). The van der Waals surface area contributed by atoms with Crippen molar-refractivity contribution in [2.75, 3.05) is 29.6 Å². The largest absolute Gasteiger partial charge is 0.378 e. The Bertz CT molecular complexity index is 789. The first kappa shape index (κ1) is 16.9. The van der Waals surface area contributed by atoms with Gasteiger partial charge in [0, 0.05) is 43.3 Å². The monoisotopic (exact) mass is 328 g/mol. The van der Waals surface area contributed by atoms with Gasteiger partial charge in [0.05, 0.1) is 4.92 Å². The molecule has 8 heteroatoms. The van der Waals surface area contributed by atoms with Gasteiger partial charge in [-0.1, -0.05) is 12.1 Å². The fourth-order valence-electron chi connectivity index (χ4n) is 1.93. The van der Waals surface area contributed by atoms with E-state index in [1.54, 1.807) is 18.2 Å². The minimum absolute atomic E-state index is 0.173. The lowest BCUT2D eigenvalue weighted by molar-refractivity contribution is -0.384. The van der Waals surface area contributed by atoms with Crippen molar-refractivity contribution in [2.24, 2.45) is 0 Å². The van der Waals surface area contributed by atoms with E-state index in [4.69, 9.17) is 0 Å². The summed E-state index contributed by atoms with van der Waals surface area (Å²) in [4.78, 5) is 35.8. The number of hydrogen-bond acceptors (Lipinski definition) is 5. The molecule has 0 bridgehead atoms. The number of hydrogen-bond donors (Lipinski definition) is 2.